The van der Waals surface area contributed by atoms with E-state index in [1.807, 2.05) is 13.8 Å². The van der Waals surface area contributed by atoms with Crippen molar-refractivity contribution in [1.82, 2.24) is 4.90 Å². The zero-order valence-electron chi connectivity index (χ0n) is 9.15. The van der Waals surface area contributed by atoms with Crippen LogP contribution in [0.15, 0.2) is 0 Å². The van der Waals surface area contributed by atoms with Gasteiger partial charge in [-0.15, -0.1) is 0 Å². The second-order valence-electron chi connectivity index (χ2n) is 4.35. The molecule has 0 saturated carbocycles. The molecule has 0 atom stereocenters. The Labute approximate surface area is 89.0 Å². The number of rotatable bonds is 2. The third kappa shape index (κ3) is 3.87. The molecule has 5 heteroatoms. The summed E-state index contributed by atoms with van der Waals surface area (Å²) in [4.78, 5) is 23.5. The van der Waals surface area contributed by atoms with E-state index < -0.39 is 12.4 Å². The van der Waals surface area contributed by atoms with Gasteiger partial charge in [0.1, 0.15) is 6.42 Å². The number of hydrogen-bond acceptors (Lipinski definition) is 3. The first-order chi connectivity index (χ1) is 6.91. The molecule has 5 nitrogen and oxygen atoms in total. The Morgan fingerprint density at radius 1 is 1.47 bits per heavy atom. The Balaban J connectivity index is 2.59. The number of ether oxygens (including phenoxy) is 1. The van der Waals surface area contributed by atoms with Gasteiger partial charge in [-0.1, -0.05) is 0 Å². The summed E-state index contributed by atoms with van der Waals surface area (Å²) >= 11 is 0. The van der Waals surface area contributed by atoms with Crippen LogP contribution in [0, 0.1) is 0 Å². The molecule has 0 aliphatic carbocycles. The summed E-state index contributed by atoms with van der Waals surface area (Å²) < 4.78 is 5.53. The van der Waals surface area contributed by atoms with E-state index in [2.05, 4.69) is 0 Å². The van der Waals surface area contributed by atoms with Gasteiger partial charge in [0.05, 0.1) is 5.60 Å². The van der Waals surface area contributed by atoms with Crippen molar-refractivity contribution >= 4 is 11.9 Å². The first-order valence-corrected chi connectivity index (χ1v) is 5.04. The first kappa shape index (κ1) is 12.0. The molecule has 0 aromatic carbocycles. The van der Waals surface area contributed by atoms with Crippen LogP contribution >= 0.6 is 0 Å². The van der Waals surface area contributed by atoms with Gasteiger partial charge in [-0.2, -0.15) is 0 Å². The standard InChI is InChI=1S/C10H17NO4/c1-10(2)7-11(4-3-5-15-10)8(12)6-9(13)14/h3-7H2,1-2H3,(H,13,14). The summed E-state index contributed by atoms with van der Waals surface area (Å²) in [5, 5.41) is 8.54. The molecular weight excluding hydrogens is 198 g/mol. The van der Waals surface area contributed by atoms with E-state index in [1.54, 1.807) is 4.90 Å². The van der Waals surface area contributed by atoms with Crippen molar-refractivity contribution in [3.63, 3.8) is 0 Å². The lowest BCUT2D eigenvalue weighted by Crippen LogP contribution is -2.42. The second kappa shape index (κ2) is 4.61. The van der Waals surface area contributed by atoms with Gasteiger partial charge in [0.2, 0.25) is 5.91 Å². The number of carboxylic acids is 1. The maximum Gasteiger partial charge on any atom is 0.312 e. The number of nitrogens with zero attached hydrogens (tertiary/aromatic N) is 1. The molecule has 0 radical (unpaired) electrons. The molecule has 1 N–H and O–H groups in total. The summed E-state index contributed by atoms with van der Waals surface area (Å²) in [5.74, 6) is -1.41. The summed E-state index contributed by atoms with van der Waals surface area (Å²) in [6.45, 7) is 5.46. The van der Waals surface area contributed by atoms with Gasteiger partial charge in [-0.25, -0.2) is 0 Å². The predicted octanol–water partition coefficient (Wildman–Crippen LogP) is 0.489. The molecule has 1 fully saturated rings. The van der Waals surface area contributed by atoms with E-state index >= 15 is 0 Å². The van der Waals surface area contributed by atoms with Crippen LogP contribution in [0.3, 0.4) is 0 Å². The lowest BCUT2D eigenvalue weighted by Gasteiger charge is -2.28. The fourth-order valence-electron chi connectivity index (χ4n) is 1.64. The van der Waals surface area contributed by atoms with E-state index in [0.29, 0.717) is 19.7 Å². The maximum absolute atomic E-state index is 11.5. The highest BCUT2D eigenvalue weighted by molar-refractivity contribution is 5.93. The van der Waals surface area contributed by atoms with Crippen molar-refractivity contribution in [2.24, 2.45) is 0 Å². The minimum Gasteiger partial charge on any atom is -0.481 e. The highest BCUT2D eigenvalue weighted by Gasteiger charge is 2.28. The molecule has 0 bridgehead atoms. The summed E-state index contributed by atoms with van der Waals surface area (Å²) in [7, 11) is 0. The largest absolute Gasteiger partial charge is 0.481 e. The van der Waals surface area contributed by atoms with Gasteiger partial charge < -0.3 is 14.7 Å². The Morgan fingerprint density at radius 3 is 2.73 bits per heavy atom. The Bertz CT molecular complexity index is 262. The van der Waals surface area contributed by atoms with Crippen molar-refractivity contribution in [2.75, 3.05) is 19.7 Å². The summed E-state index contributed by atoms with van der Waals surface area (Å²) in [6.07, 6.45) is 0.324. The van der Waals surface area contributed by atoms with E-state index in [4.69, 9.17) is 9.84 Å². The number of amides is 1. The van der Waals surface area contributed by atoms with Crippen molar-refractivity contribution in [1.29, 1.82) is 0 Å². The topological polar surface area (TPSA) is 66.8 Å². The van der Waals surface area contributed by atoms with Crippen LogP contribution in [0.2, 0.25) is 0 Å². The molecular formula is C10H17NO4. The zero-order chi connectivity index (χ0) is 11.5. The van der Waals surface area contributed by atoms with E-state index in [1.165, 1.54) is 0 Å². The monoisotopic (exact) mass is 215 g/mol. The van der Waals surface area contributed by atoms with Gasteiger partial charge in [0.15, 0.2) is 0 Å². The Kier molecular flexibility index (Phi) is 3.68. The highest BCUT2D eigenvalue weighted by atomic mass is 16.5. The van der Waals surface area contributed by atoms with Crippen LogP contribution in [-0.2, 0) is 14.3 Å². The zero-order valence-corrected chi connectivity index (χ0v) is 9.15. The third-order valence-corrected chi connectivity index (χ3v) is 2.29. The third-order valence-electron chi connectivity index (χ3n) is 2.29. The van der Waals surface area contributed by atoms with Crippen molar-refractivity contribution in [3.8, 4) is 0 Å². The first-order valence-electron chi connectivity index (χ1n) is 5.04. The molecule has 1 heterocycles. The van der Waals surface area contributed by atoms with Gasteiger partial charge in [0.25, 0.3) is 0 Å². The minimum absolute atomic E-state index is 0.332. The molecule has 0 aromatic heterocycles. The minimum atomic E-state index is -1.08. The quantitative estimate of drug-likeness (QED) is 0.681. The van der Waals surface area contributed by atoms with Crippen LogP contribution in [0.5, 0.6) is 0 Å². The molecule has 86 valence electrons. The van der Waals surface area contributed by atoms with Gasteiger partial charge in [-0.05, 0) is 20.3 Å². The van der Waals surface area contributed by atoms with Crippen LogP contribution < -0.4 is 0 Å². The lowest BCUT2D eigenvalue weighted by molar-refractivity contribution is -0.145. The summed E-state index contributed by atoms with van der Waals surface area (Å²) in [6, 6.07) is 0. The molecule has 0 unspecified atom stereocenters. The molecule has 0 spiro atoms. The van der Waals surface area contributed by atoms with Gasteiger partial charge in [0, 0.05) is 19.7 Å². The Morgan fingerprint density at radius 2 is 2.13 bits per heavy atom. The average molecular weight is 215 g/mol. The fraction of sp³-hybridized carbons (Fsp3) is 0.800. The SMILES string of the molecule is CC1(C)CN(C(=O)CC(=O)O)CCCO1. The highest BCUT2D eigenvalue weighted by Crippen LogP contribution is 2.16. The van der Waals surface area contributed by atoms with E-state index in [0.717, 1.165) is 6.42 Å². The maximum atomic E-state index is 11.5. The normalized spacial score (nSPS) is 20.8. The number of carbonyl (C=O) groups excluding carboxylic acids is 1. The number of aliphatic carboxylic acids is 1. The molecule has 15 heavy (non-hydrogen) atoms. The number of carbonyl (C=O) groups is 2. The molecule has 1 amide bonds. The van der Waals surface area contributed by atoms with Crippen LogP contribution in [0.4, 0.5) is 0 Å². The van der Waals surface area contributed by atoms with E-state index in [-0.39, 0.29) is 11.5 Å². The van der Waals surface area contributed by atoms with Gasteiger partial charge in [-0.3, -0.25) is 9.59 Å². The van der Waals surface area contributed by atoms with Crippen molar-refractivity contribution in [2.45, 2.75) is 32.3 Å². The Hall–Kier alpha value is -1.10. The fourth-order valence-corrected chi connectivity index (χ4v) is 1.64. The molecule has 1 rings (SSSR count). The molecule has 1 saturated heterocycles. The average Bonchev–Trinajstić information content (AvgIpc) is 2.25. The molecule has 1 aliphatic rings. The molecule has 1 aliphatic heterocycles. The van der Waals surface area contributed by atoms with Crippen molar-refractivity contribution < 1.29 is 19.4 Å². The smallest absolute Gasteiger partial charge is 0.312 e. The van der Waals surface area contributed by atoms with E-state index in [9.17, 15) is 9.59 Å². The van der Waals surface area contributed by atoms with Gasteiger partial charge >= 0.3 is 5.97 Å². The van der Waals surface area contributed by atoms with Crippen molar-refractivity contribution in [3.05, 3.63) is 0 Å². The summed E-state index contributed by atoms with van der Waals surface area (Å²) in [5.41, 5.74) is -0.384. The van der Waals surface area contributed by atoms with Crippen LogP contribution in [0.1, 0.15) is 26.7 Å². The van der Waals surface area contributed by atoms with Crippen LogP contribution in [-0.4, -0.2) is 47.2 Å². The van der Waals surface area contributed by atoms with Crippen LogP contribution in [0.25, 0.3) is 0 Å². The number of carboxylic acid groups (broad SMARTS) is 1. The second-order valence-corrected chi connectivity index (χ2v) is 4.35. The lowest BCUT2D eigenvalue weighted by atomic mass is 10.1. The molecule has 0 aromatic rings. The predicted molar refractivity (Wildman–Crippen MR) is 53.5 cm³/mol. The number of hydrogen-bond donors (Lipinski definition) is 1.